The molecule has 0 saturated heterocycles. The summed E-state index contributed by atoms with van der Waals surface area (Å²) < 4.78 is 5.53. The number of hydrogen-bond donors (Lipinski definition) is 2. The summed E-state index contributed by atoms with van der Waals surface area (Å²) >= 11 is 0. The summed E-state index contributed by atoms with van der Waals surface area (Å²) in [6.07, 6.45) is 1.86. The lowest BCUT2D eigenvalue weighted by Gasteiger charge is -2.23. The van der Waals surface area contributed by atoms with Crippen molar-refractivity contribution < 1.29 is 4.74 Å². The van der Waals surface area contributed by atoms with Gasteiger partial charge in [0.25, 0.3) is 0 Å². The number of rotatable bonds is 6. The highest BCUT2D eigenvalue weighted by molar-refractivity contribution is 4.99. The minimum atomic E-state index is 0.136. The van der Waals surface area contributed by atoms with E-state index in [1.165, 1.54) is 0 Å². The Labute approximate surface area is 81.0 Å². The van der Waals surface area contributed by atoms with Gasteiger partial charge in [0.1, 0.15) is 0 Å². The largest absolute Gasteiger partial charge is 0.377 e. The van der Waals surface area contributed by atoms with E-state index in [-0.39, 0.29) is 12.1 Å². The lowest BCUT2D eigenvalue weighted by Crippen LogP contribution is -2.44. The number of hydrogen-bond acceptors (Lipinski definition) is 3. The molecule has 0 aromatic rings. The maximum Gasteiger partial charge on any atom is 0.0748 e. The molecule has 13 heavy (non-hydrogen) atoms. The fourth-order valence-electron chi connectivity index (χ4n) is 1.24. The third kappa shape index (κ3) is 4.89. The van der Waals surface area contributed by atoms with Crippen LogP contribution in [0.15, 0.2) is 0 Å². The van der Waals surface area contributed by atoms with Crippen LogP contribution in [-0.2, 0) is 4.74 Å². The zero-order valence-corrected chi connectivity index (χ0v) is 8.76. The van der Waals surface area contributed by atoms with Gasteiger partial charge in [-0.2, -0.15) is 0 Å². The quantitative estimate of drug-likeness (QED) is 0.368. The molecule has 0 aromatic heterocycles. The molecule has 0 aliphatic carbocycles. The molecule has 3 N–H and O–H groups in total. The van der Waals surface area contributed by atoms with Crippen LogP contribution >= 0.6 is 0 Å². The van der Waals surface area contributed by atoms with Gasteiger partial charge in [-0.1, -0.05) is 6.92 Å². The molecule has 0 bridgehead atoms. The molecular weight excluding hydrogens is 164 g/mol. The van der Waals surface area contributed by atoms with Crippen molar-refractivity contribution in [1.82, 2.24) is 5.43 Å². The maximum atomic E-state index is 5.53. The first-order chi connectivity index (χ1) is 6.29. The Morgan fingerprint density at radius 2 is 2.15 bits per heavy atom. The zero-order valence-electron chi connectivity index (χ0n) is 8.76. The Morgan fingerprint density at radius 3 is 2.54 bits per heavy atom. The van der Waals surface area contributed by atoms with Gasteiger partial charge in [0.05, 0.1) is 12.1 Å². The van der Waals surface area contributed by atoms with Crippen molar-refractivity contribution in [3.63, 3.8) is 0 Å². The number of nitrogens with one attached hydrogen (secondary N) is 1. The second-order valence-electron chi connectivity index (χ2n) is 2.81. The lowest BCUT2D eigenvalue weighted by molar-refractivity contribution is 0.0331. The average Bonchev–Trinajstić information content (AvgIpc) is 2.17. The summed E-state index contributed by atoms with van der Waals surface area (Å²) in [4.78, 5) is 0. The van der Waals surface area contributed by atoms with Crippen LogP contribution in [0.5, 0.6) is 0 Å². The molecule has 2 atom stereocenters. The average molecular weight is 184 g/mol. The molecule has 0 aromatic carbocycles. The van der Waals surface area contributed by atoms with Gasteiger partial charge < -0.3 is 4.74 Å². The van der Waals surface area contributed by atoms with Crippen LogP contribution < -0.4 is 11.3 Å². The van der Waals surface area contributed by atoms with E-state index < -0.39 is 0 Å². The summed E-state index contributed by atoms with van der Waals surface area (Å²) in [5.41, 5.74) is 2.75. The first-order valence-corrected chi connectivity index (χ1v) is 4.77. The molecule has 2 unspecified atom stereocenters. The molecule has 0 spiro atoms. The summed E-state index contributed by atoms with van der Waals surface area (Å²) in [5.74, 6) is 11.3. The van der Waals surface area contributed by atoms with E-state index >= 15 is 0 Å². The summed E-state index contributed by atoms with van der Waals surface area (Å²) in [5, 5.41) is 0. The van der Waals surface area contributed by atoms with E-state index in [0.717, 1.165) is 19.4 Å². The van der Waals surface area contributed by atoms with Crippen LogP contribution in [0.1, 0.15) is 33.6 Å². The van der Waals surface area contributed by atoms with Crippen molar-refractivity contribution in [2.24, 2.45) is 5.84 Å². The third-order valence-electron chi connectivity index (χ3n) is 1.94. The second kappa shape index (κ2) is 8.06. The third-order valence-corrected chi connectivity index (χ3v) is 1.94. The van der Waals surface area contributed by atoms with Crippen molar-refractivity contribution in [2.45, 2.75) is 45.8 Å². The van der Waals surface area contributed by atoms with Gasteiger partial charge in [-0.15, -0.1) is 11.8 Å². The molecule has 0 heterocycles. The van der Waals surface area contributed by atoms with Gasteiger partial charge >= 0.3 is 0 Å². The highest BCUT2D eigenvalue weighted by atomic mass is 16.5. The van der Waals surface area contributed by atoms with Gasteiger partial charge in [-0.05, 0) is 20.3 Å². The zero-order chi connectivity index (χ0) is 10.1. The van der Waals surface area contributed by atoms with Crippen molar-refractivity contribution in [1.29, 1.82) is 0 Å². The molecule has 0 fully saturated rings. The van der Waals surface area contributed by atoms with Gasteiger partial charge in [0, 0.05) is 13.0 Å². The molecule has 0 aliphatic rings. The molecule has 3 nitrogen and oxygen atoms in total. The highest BCUT2D eigenvalue weighted by Gasteiger charge is 2.17. The van der Waals surface area contributed by atoms with Crippen molar-refractivity contribution in [3.05, 3.63) is 0 Å². The Balaban J connectivity index is 4.04. The van der Waals surface area contributed by atoms with Crippen LogP contribution in [0, 0.1) is 11.8 Å². The van der Waals surface area contributed by atoms with Crippen molar-refractivity contribution in [3.8, 4) is 11.8 Å². The van der Waals surface area contributed by atoms with E-state index in [1.54, 1.807) is 0 Å². The first-order valence-electron chi connectivity index (χ1n) is 4.77. The normalized spacial score (nSPS) is 14.5. The molecule has 0 aliphatic heterocycles. The smallest absolute Gasteiger partial charge is 0.0748 e. The van der Waals surface area contributed by atoms with E-state index in [9.17, 15) is 0 Å². The van der Waals surface area contributed by atoms with Gasteiger partial charge in [-0.25, -0.2) is 0 Å². The summed E-state index contributed by atoms with van der Waals surface area (Å²) in [6, 6.07) is 0.136. The monoisotopic (exact) mass is 184 g/mol. The van der Waals surface area contributed by atoms with Crippen LogP contribution in [0.2, 0.25) is 0 Å². The Hall–Kier alpha value is -0.560. The summed E-state index contributed by atoms with van der Waals surface area (Å²) in [6.45, 7) is 6.62. The van der Waals surface area contributed by atoms with Gasteiger partial charge in [0.2, 0.25) is 0 Å². The topological polar surface area (TPSA) is 47.3 Å². The molecule has 0 rings (SSSR count). The summed E-state index contributed by atoms with van der Waals surface area (Å²) in [7, 11) is 0. The number of hydrazine groups is 1. The Morgan fingerprint density at radius 1 is 1.46 bits per heavy atom. The lowest BCUT2D eigenvalue weighted by atomic mass is 10.1. The van der Waals surface area contributed by atoms with Crippen LogP contribution in [0.25, 0.3) is 0 Å². The SMILES string of the molecule is CC#CCC(NN)C(CC)OCC. The van der Waals surface area contributed by atoms with Crippen LogP contribution in [0.3, 0.4) is 0 Å². The van der Waals surface area contributed by atoms with Crippen molar-refractivity contribution in [2.75, 3.05) is 6.61 Å². The van der Waals surface area contributed by atoms with Crippen LogP contribution in [0.4, 0.5) is 0 Å². The second-order valence-corrected chi connectivity index (χ2v) is 2.81. The standard InChI is InChI=1S/C10H20N2O/c1-4-7-8-9(12-11)10(5-2)13-6-3/h9-10,12H,5-6,8,11H2,1-3H3. The van der Waals surface area contributed by atoms with Crippen LogP contribution in [-0.4, -0.2) is 18.8 Å². The van der Waals surface area contributed by atoms with E-state index in [2.05, 4.69) is 24.2 Å². The molecule has 3 heteroatoms. The van der Waals surface area contributed by atoms with Crippen molar-refractivity contribution >= 4 is 0 Å². The van der Waals surface area contributed by atoms with Gasteiger partial charge in [0.15, 0.2) is 0 Å². The molecule has 0 radical (unpaired) electrons. The predicted octanol–water partition coefficient (Wildman–Crippen LogP) is 1.05. The molecule has 0 saturated carbocycles. The Bertz CT molecular complexity index is 171. The molecular formula is C10H20N2O. The fraction of sp³-hybridized carbons (Fsp3) is 0.800. The fourth-order valence-corrected chi connectivity index (χ4v) is 1.24. The number of nitrogens with two attached hydrogens (primary N) is 1. The Kier molecular flexibility index (Phi) is 7.71. The molecule has 76 valence electrons. The first kappa shape index (κ1) is 12.4. The van der Waals surface area contributed by atoms with Gasteiger partial charge in [-0.3, -0.25) is 11.3 Å². The van der Waals surface area contributed by atoms with E-state index in [1.807, 2.05) is 13.8 Å². The predicted molar refractivity (Wildman–Crippen MR) is 54.9 cm³/mol. The minimum Gasteiger partial charge on any atom is -0.377 e. The van der Waals surface area contributed by atoms with E-state index in [4.69, 9.17) is 10.6 Å². The molecule has 0 amide bonds. The highest BCUT2D eigenvalue weighted by Crippen LogP contribution is 2.06. The number of ether oxygens (including phenoxy) is 1. The minimum absolute atomic E-state index is 0.136. The maximum absolute atomic E-state index is 5.53. The van der Waals surface area contributed by atoms with E-state index in [0.29, 0.717) is 0 Å².